The number of hydrogen-bond donors (Lipinski definition) is 1. The lowest BCUT2D eigenvalue weighted by Gasteiger charge is -2.35. The summed E-state index contributed by atoms with van der Waals surface area (Å²) >= 11 is 0. The fraction of sp³-hybridized carbons (Fsp3) is 0.500. The summed E-state index contributed by atoms with van der Waals surface area (Å²) in [6.45, 7) is 0. The molecule has 0 heterocycles. The van der Waals surface area contributed by atoms with E-state index in [-0.39, 0.29) is 18.1 Å². The van der Waals surface area contributed by atoms with Gasteiger partial charge >= 0.3 is 0 Å². The van der Waals surface area contributed by atoms with Crippen LogP contribution < -0.4 is 0 Å². The molecule has 1 aromatic rings. The predicted molar refractivity (Wildman–Crippen MR) is 66.8 cm³/mol. The van der Waals surface area contributed by atoms with Crippen LogP contribution in [0.2, 0.25) is 0 Å². The summed E-state index contributed by atoms with van der Waals surface area (Å²) in [5.74, 6) is -0.00319. The lowest BCUT2D eigenvalue weighted by molar-refractivity contribution is 0.0268. The Labute approximate surface area is 102 Å². The highest BCUT2D eigenvalue weighted by atomic mass is 16.3. The minimum atomic E-state index is -0.374. The second kappa shape index (κ2) is 5.32. The Hall–Kier alpha value is -1.35. The summed E-state index contributed by atoms with van der Waals surface area (Å²) < 4.78 is 0. The van der Waals surface area contributed by atoms with Crippen LogP contribution in [0.4, 0.5) is 0 Å². The van der Waals surface area contributed by atoms with Gasteiger partial charge < -0.3 is 10.0 Å². The molecule has 0 aliphatic heterocycles. The average Bonchev–Trinajstić information content (AvgIpc) is 2.39. The number of nitrogens with zero attached hydrogens (tertiary/aromatic N) is 1. The fourth-order valence-corrected chi connectivity index (χ4v) is 2.48. The van der Waals surface area contributed by atoms with Gasteiger partial charge in [-0.25, -0.2) is 0 Å². The zero-order chi connectivity index (χ0) is 12.3. The standard InChI is InChI=1S/C14H19NO2/c1-15(12-9-5-6-10-13(12)16)14(17)11-7-3-2-4-8-11/h2-4,7-8,12-13,16H,5-6,9-10H2,1H3/t12-,13-/m1/s1. The minimum Gasteiger partial charge on any atom is -0.391 e. The van der Waals surface area contributed by atoms with Gasteiger partial charge in [0.1, 0.15) is 0 Å². The van der Waals surface area contributed by atoms with Crippen LogP contribution in [0.15, 0.2) is 30.3 Å². The molecule has 1 saturated carbocycles. The van der Waals surface area contributed by atoms with Gasteiger partial charge in [-0.05, 0) is 25.0 Å². The molecule has 1 N–H and O–H groups in total. The van der Waals surface area contributed by atoms with Crippen molar-refractivity contribution < 1.29 is 9.90 Å². The van der Waals surface area contributed by atoms with Gasteiger partial charge in [-0.3, -0.25) is 4.79 Å². The maximum atomic E-state index is 12.2. The number of aliphatic hydroxyl groups excluding tert-OH is 1. The Morgan fingerprint density at radius 2 is 1.88 bits per heavy atom. The van der Waals surface area contributed by atoms with Crippen molar-refractivity contribution >= 4 is 5.91 Å². The molecule has 2 atom stereocenters. The number of benzene rings is 1. The van der Waals surface area contributed by atoms with E-state index in [0.717, 1.165) is 25.7 Å². The van der Waals surface area contributed by atoms with Gasteiger partial charge in [0, 0.05) is 12.6 Å². The van der Waals surface area contributed by atoms with Crippen LogP contribution in [-0.4, -0.2) is 35.1 Å². The van der Waals surface area contributed by atoms with Crippen molar-refractivity contribution in [1.82, 2.24) is 4.90 Å². The number of amides is 1. The lowest BCUT2D eigenvalue weighted by atomic mass is 9.91. The Bertz CT molecular complexity index is 377. The van der Waals surface area contributed by atoms with Crippen molar-refractivity contribution in [2.24, 2.45) is 0 Å². The predicted octanol–water partition coefficient (Wildman–Crippen LogP) is 2.06. The first-order valence-corrected chi connectivity index (χ1v) is 6.20. The first-order valence-electron chi connectivity index (χ1n) is 6.20. The topological polar surface area (TPSA) is 40.5 Å². The summed E-state index contributed by atoms with van der Waals surface area (Å²) in [5, 5.41) is 9.94. The average molecular weight is 233 g/mol. The SMILES string of the molecule is CN(C(=O)c1ccccc1)[C@@H]1CCCC[C@H]1O. The molecular formula is C14H19NO2. The molecule has 17 heavy (non-hydrogen) atoms. The molecule has 1 aliphatic carbocycles. The third-order valence-corrected chi connectivity index (χ3v) is 3.53. The van der Waals surface area contributed by atoms with Gasteiger partial charge in [0.2, 0.25) is 0 Å². The Balaban J connectivity index is 2.09. The van der Waals surface area contributed by atoms with Crippen LogP contribution >= 0.6 is 0 Å². The third kappa shape index (κ3) is 2.67. The van der Waals surface area contributed by atoms with E-state index in [1.54, 1.807) is 11.9 Å². The van der Waals surface area contributed by atoms with Gasteiger partial charge in [0.05, 0.1) is 12.1 Å². The van der Waals surface area contributed by atoms with Crippen LogP contribution in [0.1, 0.15) is 36.0 Å². The largest absolute Gasteiger partial charge is 0.391 e. The molecule has 0 spiro atoms. The number of likely N-dealkylation sites (N-methyl/N-ethyl adjacent to an activating group) is 1. The highest BCUT2D eigenvalue weighted by molar-refractivity contribution is 5.94. The van der Waals surface area contributed by atoms with Crippen LogP contribution in [0, 0.1) is 0 Å². The highest BCUT2D eigenvalue weighted by Crippen LogP contribution is 2.23. The highest BCUT2D eigenvalue weighted by Gasteiger charge is 2.29. The van der Waals surface area contributed by atoms with Crippen molar-refractivity contribution in [3.63, 3.8) is 0 Å². The molecule has 1 fully saturated rings. The number of carbonyl (C=O) groups is 1. The summed E-state index contributed by atoms with van der Waals surface area (Å²) in [4.78, 5) is 13.9. The van der Waals surface area contributed by atoms with Gasteiger partial charge in [-0.2, -0.15) is 0 Å². The Morgan fingerprint density at radius 1 is 1.24 bits per heavy atom. The molecule has 0 saturated heterocycles. The molecule has 3 heteroatoms. The van der Waals surface area contributed by atoms with Crippen molar-refractivity contribution in [3.8, 4) is 0 Å². The quantitative estimate of drug-likeness (QED) is 0.849. The zero-order valence-corrected chi connectivity index (χ0v) is 10.2. The van der Waals surface area contributed by atoms with Crippen LogP contribution in [0.25, 0.3) is 0 Å². The molecule has 1 aromatic carbocycles. The van der Waals surface area contributed by atoms with Crippen LogP contribution in [-0.2, 0) is 0 Å². The summed E-state index contributed by atoms with van der Waals surface area (Å²) in [6.07, 6.45) is 3.48. The van der Waals surface area contributed by atoms with E-state index in [1.165, 1.54) is 0 Å². The summed E-state index contributed by atoms with van der Waals surface area (Å²) in [6, 6.07) is 9.21. The van der Waals surface area contributed by atoms with Crippen molar-refractivity contribution in [3.05, 3.63) is 35.9 Å². The maximum absolute atomic E-state index is 12.2. The van der Waals surface area contributed by atoms with Crippen molar-refractivity contribution in [1.29, 1.82) is 0 Å². The van der Waals surface area contributed by atoms with E-state index in [2.05, 4.69) is 0 Å². The van der Waals surface area contributed by atoms with Crippen molar-refractivity contribution in [2.75, 3.05) is 7.05 Å². The summed E-state index contributed by atoms with van der Waals surface area (Å²) in [5.41, 5.74) is 0.688. The third-order valence-electron chi connectivity index (χ3n) is 3.53. The second-order valence-corrected chi connectivity index (χ2v) is 4.70. The number of hydrogen-bond acceptors (Lipinski definition) is 2. The second-order valence-electron chi connectivity index (χ2n) is 4.70. The van der Waals surface area contributed by atoms with E-state index in [1.807, 2.05) is 30.3 Å². The normalized spacial score (nSPS) is 24.4. The van der Waals surface area contributed by atoms with E-state index < -0.39 is 0 Å². The first kappa shape index (κ1) is 12.1. The summed E-state index contributed by atoms with van der Waals surface area (Å²) in [7, 11) is 1.79. The lowest BCUT2D eigenvalue weighted by Crippen LogP contribution is -2.46. The van der Waals surface area contributed by atoms with Crippen LogP contribution in [0.3, 0.4) is 0 Å². The number of aliphatic hydroxyl groups is 1. The van der Waals surface area contributed by atoms with Gasteiger partial charge in [-0.15, -0.1) is 0 Å². The fourth-order valence-electron chi connectivity index (χ4n) is 2.48. The molecule has 1 aliphatic rings. The van der Waals surface area contributed by atoms with E-state index in [0.29, 0.717) is 5.56 Å². The van der Waals surface area contributed by atoms with Crippen LogP contribution in [0.5, 0.6) is 0 Å². The zero-order valence-electron chi connectivity index (χ0n) is 10.2. The smallest absolute Gasteiger partial charge is 0.253 e. The van der Waals surface area contributed by atoms with Gasteiger partial charge in [0.25, 0.3) is 5.91 Å². The van der Waals surface area contributed by atoms with Gasteiger partial charge in [0.15, 0.2) is 0 Å². The molecule has 0 aromatic heterocycles. The Morgan fingerprint density at radius 3 is 2.53 bits per heavy atom. The molecule has 2 rings (SSSR count). The molecule has 0 radical (unpaired) electrons. The Kier molecular flexibility index (Phi) is 3.79. The van der Waals surface area contributed by atoms with E-state index >= 15 is 0 Å². The monoisotopic (exact) mass is 233 g/mol. The van der Waals surface area contributed by atoms with Crippen molar-refractivity contribution in [2.45, 2.75) is 37.8 Å². The molecular weight excluding hydrogens is 214 g/mol. The van der Waals surface area contributed by atoms with E-state index in [4.69, 9.17) is 0 Å². The van der Waals surface area contributed by atoms with E-state index in [9.17, 15) is 9.90 Å². The minimum absolute atomic E-state index is 0.00319. The first-order chi connectivity index (χ1) is 8.20. The molecule has 1 amide bonds. The number of carbonyl (C=O) groups excluding carboxylic acids is 1. The maximum Gasteiger partial charge on any atom is 0.253 e. The molecule has 92 valence electrons. The number of rotatable bonds is 2. The van der Waals surface area contributed by atoms with Gasteiger partial charge in [-0.1, -0.05) is 31.0 Å². The molecule has 0 bridgehead atoms. The molecule has 3 nitrogen and oxygen atoms in total. The molecule has 0 unspecified atom stereocenters.